The largest absolute Gasteiger partial charge is 0.497 e. The van der Waals surface area contributed by atoms with E-state index in [1.54, 1.807) is 43.5 Å². The van der Waals surface area contributed by atoms with Crippen LogP contribution < -0.4 is 16.0 Å². The van der Waals surface area contributed by atoms with Gasteiger partial charge in [-0.2, -0.15) is 4.52 Å². The molecule has 7 heteroatoms. The molecule has 0 aliphatic rings. The molecule has 0 fully saturated rings. The summed E-state index contributed by atoms with van der Waals surface area (Å²) in [7, 11) is 1.59. The highest BCUT2D eigenvalue weighted by Gasteiger charge is 2.23. The highest BCUT2D eigenvalue weighted by Crippen LogP contribution is 2.25. The normalized spacial score (nSPS) is 11.6. The van der Waals surface area contributed by atoms with E-state index in [2.05, 4.69) is 0 Å². The Morgan fingerprint density at radius 2 is 1.68 bits per heavy atom. The molecule has 2 heterocycles. The number of aromatic hydroxyl groups is 1. The van der Waals surface area contributed by atoms with Gasteiger partial charge in [0.25, 0.3) is 5.56 Å². The zero-order valence-corrected chi connectivity index (χ0v) is 15.9. The van der Waals surface area contributed by atoms with Gasteiger partial charge in [0, 0.05) is 5.92 Å². The molecule has 0 saturated carbocycles. The summed E-state index contributed by atoms with van der Waals surface area (Å²) >= 11 is 0. The first-order valence-electron chi connectivity index (χ1n) is 9.05. The van der Waals surface area contributed by atoms with Crippen LogP contribution in [-0.4, -0.2) is 25.8 Å². The van der Waals surface area contributed by atoms with Gasteiger partial charge in [-0.05, 0) is 29.8 Å². The van der Waals surface area contributed by atoms with Gasteiger partial charge in [0.15, 0.2) is 0 Å². The molecule has 0 aliphatic carbocycles. The molecule has 0 saturated heterocycles. The van der Waals surface area contributed by atoms with Crippen LogP contribution in [0.25, 0.3) is 10.9 Å². The molecule has 0 unspecified atom stereocenters. The second-order valence-electron chi connectivity index (χ2n) is 7.03. The molecule has 144 valence electrons. The third-order valence-corrected chi connectivity index (χ3v) is 4.93. The Balaban J connectivity index is 2.05. The van der Waals surface area contributed by atoms with E-state index in [1.807, 2.05) is 26.0 Å². The van der Waals surface area contributed by atoms with Crippen LogP contribution in [0.2, 0.25) is 0 Å². The van der Waals surface area contributed by atoms with Gasteiger partial charge in [0.05, 0.1) is 24.6 Å². The van der Waals surface area contributed by atoms with E-state index in [9.17, 15) is 14.7 Å². The summed E-state index contributed by atoms with van der Waals surface area (Å²) in [5.41, 5.74) is 0.951. The van der Waals surface area contributed by atoms with Gasteiger partial charge in [-0.15, -0.1) is 0 Å². The lowest BCUT2D eigenvalue weighted by Crippen LogP contribution is -2.34. The fourth-order valence-electron chi connectivity index (χ4n) is 3.55. The minimum Gasteiger partial charge on any atom is -0.497 e. The summed E-state index contributed by atoms with van der Waals surface area (Å²) in [6, 6.07) is 14.2. The van der Waals surface area contributed by atoms with Crippen molar-refractivity contribution in [3.05, 3.63) is 80.6 Å². The second kappa shape index (κ2) is 6.60. The molecule has 0 atom stereocenters. The fourth-order valence-corrected chi connectivity index (χ4v) is 3.55. The molecule has 2 aromatic carbocycles. The van der Waals surface area contributed by atoms with Crippen molar-refractivity contribution in [1.82, 2.24) is 13.6 Å². The zero-order chi connectivity index (χ0) is 20.0. The number of benzene rings is 2. The first kappa shape index (κ1) is 17.9. The molecule has 4 rings (SSSR count). The molecular weight excluding hydrogens is 358 g/mol. The maximum atomic E-state index is 13.3. The number of hydrogen-bond acceptors (Lipinski definition) is 4. The quantitative estimate of drug-likeness (QED) is 0.591. The number of para-hydroxylation sites is 1. The summed E-state index contributed by atoms with van der Waals surface area (Å²) in [5, 5.41) is 11.4. The van der Waals surface area contributed by atoms with Crippen LogP contribution in [0.5, 0.6) is 11.6 Å². The molecule has 0 spiro atoms. The molecule has 0 amide bonds. The van der Waals surface area contributed by atoms with Crippen LogP contribution in [0.1, 0.15) is 31.0 Å². The Labute approximate surface area is 160 Å². The third kappa shape index (κ3) is 2.58. The average molecular weight is 379 g/mol. The van der Waals surface area contributed by atoms with E-state index in [0.717, 1.165) is 5.56 Å². The smallest absolute Gasteiger partial charge is 0.351 e. The number of ether oxygens (including phenoxy) is 1. The van der Waals surface area contributed by atoms with Gasteiger partial charge in [-0.25, -0.2) is 9.31 Å². The average Bonchev–Trinajstić information content (AvgIpc) is 2.98. The van der Waals surface area contributed by atoms with Gasteiger partial charge in [0.1, 0.15) is 11.4 Å². The summed E-state index contributed by atoms with van der Waals surface area (Å²) in [4.78, 5) is 26.2. The number of fused-ring (bicyclic) bond motifs is 3. The molecule has 7 nitrogen and oxygen atoms in total. The lowest BCUT2D eigenvalue weighted by molar-refractivity contribution is 0.380. The van der Waals surface area contributed by atoms with E-state index >= 15 is 0 Å². The van der Waals surface area contributed by atoms with Crippen molar-refractivity contribution in [3.8, 4) is 11.6 Å². The van der Waals surface area contributed by atoms with Gasteiger partial charge in [-0.3, -0.25) is 9.36 Å². The molecular formula is C21H21N3O4. The van der Waals surface area contributed by atoms with E-state index in [1.165, 1.54) is 13.6 Å². The zero-order valence-electron chi connectivity index (χ0n) is 15.9. The minimum atomic E-state index is -0.476. The molecule has 0 radical (unpaired) electrons. The van der Waals surface area contributed by atoms with Crippen LogP contribution in [0.3, 0.4) is 0 Å². The Hall–Kier alpha value is -3.48. The Morgan fingerprint density at radius 3 is 2.32 bits per heavy atom. The lowest BCUT2D eigenvalue weighted by Gasteiger charge is -2.17. The van der Waals surface area contributed by atoms with Gasteiger partial charge < -0.3 is 9.84 Å². The van der Waals surface area contributed by atoms with Crippen molar-refractivity contribution in [3.63, 3.8) is 0 Å². The van der Waals surface area contributed by atoms with Crippen LogP contribution in [-0.2, 0) is 6.54 Å². The number of methoxy groups -OCH3 is 1. The summed E-state index contributed by atoms with van der Waals surface area (Å²) in [6.07, 6.45) is 0. The van der Waals surface area contributed by atoms with Gasteiger partial charge >= 0.3 is 5.69 Å². The Kier molecular flexibility index (Phi) is 4.22. The SMILES string of the molecule is COc1ccc(Cn2c(O)c(C(C)C)n3c(=O)c4ccccc4n3c2=O)cc1. The van der Waals surface area contributed by atoms with E-state index in [4.69, 9.17) is 4.74 Å². The first-order valence-corrected chi connectivity index (χ1v) is 9.05. The third-order valence-electron chi connectivity index (χ3n) is 4.93. The Morgan fingerprint density at radius 1 is 1.00 bits per heavy atom. The number of aromatic nitrogens is 3. The van der Waals surface area contributed by atoms with Gasteiger partial charge in [0.2, 0.25) is 5.88 Å². The number of nitrogens with zero attached hydrogens (tertiary/aromatic N) is 3. The van der Waals surface area contributed by atoms with Crippen LogP contribution in [0.15, 0.2) is 58.1 Å². The van der Waals surface area contributed by atoms with Crippen molar-refractivity contribution < 1.29 is 9.84 Å². The molecule has 2 aromatic heterocycles. The monoisotopic (exact) mass is 379 g/mol. The highest BCUT2D eigenvalue weighted by atomic mass is 16.5. The molecule has 0 aliphatic heterocycles. The Bertz CT molecular complexity index is 1290. The number of hydrogen-bond donors (Lipinski definition) is 1. The van der Waals surface area contributed by atoms with Crippen molar-refractivity contribution in [2.45, 2.75) is 26.3 Å². The standard InChI is InChI=1S/C21H21N3O4/c1-13(2)18-20(26)22(12-14-8-10-15(28-3)11-9-14)21(27)23-17-7-5-4-6-16(17)19(25)24(18)23/h4-11,13,26H,12H2,1-3H3. The lowest BCUT2D eigenvalue weighted by atomic mass is 10.1. The second-order valence-corrected chi connectivity index (χ2v) is 7.03. The van der Waals surface area contributed by atoms with Crippen LogP contribution >= 0.6 is 0 Å². The van der Waals surface area contributed by atoms with E-state index < -0.39 is 5.69 Å². The topological polar surface area (TPSA) is 77.3 Å². The van der Waals surface area contributed by atoms with Gasteiger partial charge in [-0.1, -0.05) is 38.1 Å². The fraction of sp³-hybridized carbons (Fsp3) is 0.238. The summed E-state index contributed by atoms with van der Waals surface area (Å²) < 4.78 is 9.09. The summed E-state index contributed by atoms with van der Waals surface area (Å²) in [6.45, 7) is 3.92. The van der Waals surface area contributed by atoms with Crippen molar-refractivity contribution in [2.75, 3.05) is 7.11 Å². The van der Waals surface area contributed by atoms with E-state index in [0.29, 0.717) is 22.3 Å². The highest BCUT2D eigenvalue weighted by molar-refractivity contribution is 5.78. The van der Waals surface area contributed by atoms with E-state index in [-0.39, 0.29) is 23.9 Å². The van der Waals surface area contributed by atoms with Crippen molar-refractivity contribution >= 4 is 10.9 Å². The molecule has 4 aromatic rings. The molecule has 0 bridgehead atoms. The summed E-state index contributed by atoms with van der Waals surface area (Å²) in [5.74, 6) is 0.335. The molecule has 28 heavy (non-hydrogen) atoms. The maximum Gasteiger partial charge on any atom is 0.351 e. The minimum absolute atomic E-state index is 0.172. The van der Waals surface area contributed by atoms with Crippen molar-refractivity contribution in [2.24, 2.45) is 0 Å². The maximum absolute atomic E-state index is 13.3. The van der Waals surface area contributed by atoms with Crippen molar-refractivity contribution in [1.29, 1.82) is 0 Å². The molecule has 1 N–H and O–H groups in total. The predicted molar refractivity (Wildman–Crippen MR) is 107 cm³/mol. The first-order chi connectivity index (χ1) is 13.4. The predicted octanol–water partition coefficient (Wildman–Crippen LogP) is 2.60. The van der Waals surface area contributed by atoms with Crippen LogP contribution in [0.4, 0.5) is 0 Å². The number of rotatable bonds is 4. The van der Waals surface area contributed by atoms with Crippen LogP contribution in [0, 0.1) is 0 Å².